The molecule has 0 spiro atoms. The number of ether oxygens (including phenoxy) is 2. The Balaban J connectivity index is 1.78. The zero-order chi connectivity index (χ0) is 24.6. The topological polar surface area (TPSA) is 112 Å². The smallest absolute Gasteiger partial charge is 0.262 e. The molecule has 0 unspecified atom stereocenters. The van der Waals surface area contributed by atoms with Crippen molar-refractivity contribution in [3.05, 3.63) is 48.0 Å². The van der Waals surface area contributed by atoms with Crippen LogP contribution < -0.4 is 15.0 Å². The molecule has 2 aromatic rings. The van der Waals surface area contributed by atoms with Crippen LogP contribution in [0.3, 0.4) is 0 Å². The molecule has 1 aliphatic heterocycles. The van der Waals surface area contributed by atoms with Crippen molar-refractivity contribution in [3.63, 3.8) is 0 Å². The number of nitrogens with zero attached hydrogens (tertiary/aromatic N) is 3. The van der Waals surface area contributed by atoms with E-state index in [0.717, 1.165) is 11.3 Å². The highest BCUT2D eigenvalue weighted by Gasteiger charge is 2.27. The minimum atomic E-state index is -3.71. The summed E-state index contributed by atoms with van der Waals surface area (Å²) in [7, 11) is -3.71. The first-order chi connectivity index (χ1) is 16.4. The van der Waals surface area contributed by atoms with Crippen LogP contribution in [0.4, 0.5) is 11.4 Å². The number of morpholine rings is 1. The van der Waals surface area contributed by atoms with E-state index in [1.807, 2.05) is 18.7 Å². The molecule has 0 bridgehead atoms. The Morgan fingerprint density at radius 2 is 1.82 bits per heavy atom. The van der Waals surface area contributed by atoms with Gasteiger partial charge in [0, 0.05) is 26.2 Å². The number of nitriles is 1. The summed E-state index contributed by atoms with van der Waals surface area (Å²) < 4.78 is 38.5. The van der Waals surface area contributed by atoms with Crippen molar-refractivity contribution in [1.29, 1.82) is 5.26 Å². The highest BCUT2D eigenvalue weighted by atomic mass is 32.2. The number of hydrogen-bond donors (Lipinski definition) is 1. The van der Waals surface area contributed by atoms with Crippen LogP contribution in [0.1, 0.15) is 19.4 Å². The van der Waals surface area contributed by atoms with E-state index in [2.05, 4.69) is 11.4 Å². The number of sulfonamides is 1. The molecule has 10 heteroatoms. The van der Waals surface area contributed by atoms with Gasteiger partial charge in [0.05, 0.1) is 42.0 Å². The molecule has 0 aromatic heterocycles. The van der Waals surface area contributed by atoms with Crippen LogP contribution >= 0.6 is 0 Å². The van der Waals surface area contributed by atoms with E-state index in [9.17, 15) is 13.2 Å². The maximum Gasteiger partial charge on any atom is 0.262 e. The minimum Gasteiger partial charge on any atom is -0.484 e. The second-order valence-electron chi connectivity index (χ2n) is 7.68. The molecule has 1 amide bonds. The molecule has 182 valence electrons. The molecule has 0 radical (unpaired) electrons. The number of anilines is 2. The van der Waals surface area contributed by atoms with Crippen LogP contribution in [0.2, 0.25) is 0 Å². The van der Waals surface area contributed by atoms with Gasteiger partial charge in [0.1, 0.15) is 5.75 Å². The summed E-state index contributed by atoms with van der Waals surface area (Å²) in [5.41, 5.74) is 2.01. The zero-order valence-corrected chi connectivity index (χ0v) is 20.3. The lowest BCUT2D eigenvalue weighted by molar-refractivity contribution is -0.118. The van der Waals surface area contributed by atoms with Gasteiger partial charge in [-0.25, -0.2) is 8.42 Å². The van der Waals surface area contributed by atoms with Gasteiger partial charge >= 0.3 is 0 Å². The van der Waals surface area contributed by atoms with Gasteiger partial charge in [-0.3, -0.25) is 4.79 Å². The van der Waals surface area contributed by atoms with Crippen molar-refractivity contribution < 1.29 is 22.7 Å². The van der Waals surface area contributed by atoms with Gasteiger partial charge in [-0.05, 0) is 49.7 Å². The Labute approximate surface area is 200 Å². The summed E-state index contributed by atoms with van der Waals surface area (Å²) in [4.78, 5) is 14.9. The monoisotopic (exact) mass is 486 g/mol. The summed E-state index contributed by atoms with van der Waals surface area (Å²) in [6.07, 6.45) is 0.304. The lowest BCUT2D eigenvalue weighted by Crippen LogP contribution is -2.40. The number of nitrogens with one attached hydrogen (secondary N) is 1. The van der Waals surface area contributed by atoms with Crippen molar-refractivity contribution in [1.82, 2.24) is 4.31 Å². The van der Waals surface area contributed by atoms with Crippen molar-refractivity contribution in [2.24, 2.45) is 0 Å². The van der Waals surface area contributed by atoms with Crippen LogP contribution in [0.5, 0.6) is 5.75 Å². The summed E-state index contributed by atoms with van der Waals surface area (Å²) >= 11 is 0. The lowest BCUT2D eigenvalue weighted by Gasteiger charge is -2.28. The third-order valence-corrected chi connectivity index (χ3v) is 7.43. The summed E-state index contributed by atoms with van der Waals surface area (Å²) in [6.45, 7) is 6.44. The molecule has 0 aliphatic carbocycles. The predicted molar refractivity (Wildman–Crippen MR) is 129 cm³/mol. The summed E-state index contributed by atoms with van der Waals surface area (Å²) in [6, 6.07) is 13.8. The van der Waals surface area contributed by atoms with Gasteiger partial charge in [-0.2, -0.15) is 9.57 Å². The van der Waals surface area contributed by atoms with Gasteiger partial charge in [0.15, 0.2) is 6.61 Å². The van der Waals surface area contributed by atoms with Crippen LogP contribution in [0.15, 0.2) is 47.4 Å². The fourth-order valence-electron chi connectivity index (χ4n) is 3.68. The molecule has 0 saturated carbocycles. The second-order valence-corrected chi connectivity index (χ2v) is 9.62. The van der Waals surface area contributed by atoms with Gasteiger partial charge < -0.3 is 19.7 Å². The van der Waals surface area contributed by atoms with Gasteiger partial charge in [-0.1, -0.05) is 12.1 Å². The van der Waals surface area contributed by atoms with E-state index in [-0.39, 0.29) is 11.5 Å². The maximum absolute atomic E-state index is 13.1. The maximum atomic E-state index is 13.1. The van der Waals surface area contributed by atoms with E-state index < -0.39 is 15.9 Å². The third kappa shape index (κ3) is 6.26. The minimum absolute atomic E-state index is 0.120. The molecule has 1 fully saturated rings. The fraction of sp³-hybridized carbons (Fsp3) is 0.417. The number of carbonyl (C=O) groups is 1. The molecule has 3 rings (SSSR count). The number of benzene rings is 2. The first-order valence-electron chi connectivity index (χ1n) is 11.2. The molecule has 1 saturated heterocycles. The van der Waals surface area contributed by atoms with Crippen LogP contribution in [0.25, 0.3) is 0 Å². The Kier molecular flexibility index (Phi) is 8.87. The van der Waals surface area contributed by atoms with Crippen molar-refractivity contribution in [2.75, 3.05) is 56.2 Å². The molecule has 1 heterocycles. The number of amides is 1. The van der Waals surface area contributed by atoms with Gasteiger partial charge in [-0.15, -0.1) is 0 Å². The Bertz CT molecular complexity index is 1120. The Morgan fingerprint density at radius 3 is 2.44 bits per heavy atom. The van der Waals surface area contributed by atoms with E-state index in [4.69, 9.17) is 14.7 Å². The largest absolute Gasteiger partial charge is 0.484 e. The van der Waals surface area contributed by atoms with E-state index in [1.54, 1.807) is 36.4 Å². The third-order valence-electron chi connectivity index (χ3n) is 5.53. The second kappa shape index (κ2) is 11.8. The molecular formula is C24H30N4O5S. The normalized spacial score (nSPS) is 14.3. The first-order valence-corrected chi connectivity index (χ1v) is 12.7. The molecule has 9 nitrogen and oxygen atoms in total. The van der Waals surface area contributed by atoms with E-state index >= 15 is 0 Å². The predicted octanol–water partition coefficient (Wildman–Crippen LogP) is 2.64. The van der Waals surface area contributed by atoms with Crippen LogP contribution in [-0.4, -0.2) is 64.6 Å². The van der Waals surface area contributed by atoms with Crippen LogP contribution in [0, 0.1) is 11.3 Å². The SMILES string of the molecule is CCN(CC)c1ccc(S(=O)(=O)N2CCOCC2)cc1NC(=O)COc1ccc(CC#N)cc1. The average molecular weight is 487 g/mol. The van der Waals surface area contributed by atoms with E-state index in [0.29, 0.717) is 57.3 Å². The number of rotatable bonds is 10. The first kappa shape index (κ1) is 25.5. The van der Waals surface area contributed by atoms with Crippen LogP contribution in [-0.2, 0) is 26.0 Å². The zero-order valence-electron chi connectivity index (χ0n) is 19.5. The highest BCUT2D eigenvalue weighted by molar-refractivity contribution is 7.89. The molecule has 1 N–H and O–H groups in total. The van der Waals surface area contributed by atoms with Crippen molar-refractivity contribution >= 4 is 27.3 Å². The lowest BCUT2D eigenvalue weighted by atomic mass is 10.2. The molecule has 34 heavy (non-hydrogen) atoms. The van der Waals surface area contributed by atoms with E-state index in [1.165, 1.54) is 10.4 Å². The van der Waals surface area contributed by atoms with Gasteiger partial charge in [0.25, 0.3) is 5.91 Å². The molecule has 1 aliphatic rings. The highest BCUT2D eigenvalue weighted by Crippen LogP contribution is 2.30. The Morgan fingerprint density at radius 1 is 1.15 bits per heavy atom. The molecule has 2 aromatic carbocycles. The molecular weight excluding hydrogens is 456 g/mol. The van der Waals surface area contributed by atoms with Crippen molar-refractivity contribution in [3.8, 4) is 11.8 Å². The Hall–Kier alpha value is -3.13. The average Bonchev–Trinajstić information content (AvgIpc) is 2.86. The van der Waals surface area contributed by atoms with Crippen molar-refractivity contribution in [2.45, 2.75) is 25.2 Å². The van der Waals surface area contributed by atoms with Gasteiger partial charge in [0.2, 0.25) is 10.0 Å². The summed E-state index contributed by atoms with van der Waals surface area (Å²) in [5.74, 6) is 0.0971. The fourth-order valence-corrected chi connectivity index (χ4v) is 5.12. The molecule has 0 atom stereocenters. The summed E-state index contributed by atoms with van der Waals surface area (Å²) in [5, 5.41) is 11.6. The number of carbonyl (C=O) groups excluding carboxylic acids is 1. The standard InChI is InChI=1S/C24H30N4O5S/c1-3-27(4-2)23-10-9-21(34(30,31)28-13-15-32-16-14-28)17-22(23)26-24(29)18-33-20-7-5-19(6-8-20)11-12-25/h5-10,17H,3-4,11,13-16,18H2,1-2H3,(H,26,29). The number of hydrogen-bond acceptors (Lipinski definition) is 7. The quantitative estimate of drug-likeness (QED) is 0.549.